The molecule has 2 rings (SSSR count). The zero-order valence-corrected chi connectivity index (χ0v) is 13.9. The van der Waals surface area contributed by atoms with Crippen LogP contribution in [-0.4, -0.2) is 17.6 Å². The fourth-order valence-electron chi connectivity index (χ4n) is 2.45. The van der Waals surface area contributed by atoms with Crippen LogP contribution in [0.15, 0.2) is 42.5 Å². The minimum atomic E-state index is -1.51. The van der Waals surface area contributed by atoms with Crippen molar-refractivity contribution in [3.05, 3.63) is 70.8 Å². The van der Waals surface area contributed by atoms with Crippen molar-refractivity contribution >= 4 is 5.91 Å². The van der Waals surface area contributed by atoms with Crippen LogP contribution in [0.1, 0.15) is 36.6 Å². The molecule has 2 aromatic rings. The van der Waals surface area contributed by atoms with Crippen LogP contribution >= 0.6 is 0 Å². The van der Waals surface area contributed by atoms with E-state index in [-0.39, 0.29) is 6.54 Å². The molecule has 0 spiro atoms. The second-order valence-corrected chi connectivity index (χ2v) is 6.18. The predicted molar refractivity (Wildman–Crippen MR) is 88.5 cm³/mol. The second kappa shape index (κ2) is 7.41. The summed E-state index contributed by atoms with van der Waals surface area (Å²) in [4.78, 5) is 12.5. The molecule has 0 saturated heterocycles. The molecular formula is C19H18F2N2O2. The van der Waals surface area contributed by atoms with Gasteiger partial charge in [-0.15, -0.1) is 0 Å². The summed E-state index contributed by atoms with van der Waals surface area (Å²) in [6, 6.07) is 11.9. The largest absolute Gasteiger partial charge is 0.386 e. The topological polar surface area (TPSA) is 73.1 Å². The van der Waals surface area contributed by atoms with Crippen LogP contribution in [0.3, 0.4) is 0 Å². The predicted octanol–water partition coefficient (Wildman–Crippen LogP) is 2.96. The van der Waals surface area contributed by atoms with Gasteiger partial charge in [-0.2, -0.15) is 5.26 Å². The van der Waals surface area contributed by atoms with Crippen molar-refractivity contribution in [2.45, 2.75) is 25.4 Å². The van der Waals surface area contributed by atoms with E-state index < -0.39 is 34.6 Å². The Kier molecular flexibility index (Phi) is 5.50. The molecular weight excluding hydrogens is 326 g/mol. The van der Waals surface area contributed by atoms with E-state index in [1.165, 1.54) is 6.07 Å². The van der Waals surface area contributed by atoms with Gasteiger partial charge in [-0.05, 0) is 43.7 Å². The van der Waals surface area contributed by atoms with Gasteiger partial charge in [0.25, 0.3) is 0 Å². The molecule has 130 valence electrons. The third-order valence-electron chi connectivity index (χ3n) is 4.07. The number of aliphatic hydroxyl groups excluding tert-OH is 1. The summed E-state index contributed by atoms with van der Waals surface area (Å²) in [5.74, 6) is -2.18. The lowest BCUT2D eigenvalue weighted by Crippen LogP contribution is -2.42. The van der Waals surface area contributed by atoms with Crippen molar-refractivity contribution < 1.29 is 18.7 Å². The average Bonchev–Trinajstić information content (AvgIpc) is 2.59. The third kappa shape index (κ3) is 4.01. The molecule has 25 heavy (non-hydrogen) atoms. The lowest BCUT2D eigenvalue weighted by Gasteiger charge is -2.25. The van der Waals surface area contributed by atoms with Crippen molar-refractivity contribution in [2.24, 2.45) is 0 Å². The second-order valence-electron chi connectivity index (χ2n) is 6.18. The van der Waals surface area contributed by atoms with E-state index in [4.69, 9.17) is 5.26 Å². The Morgan fingerprint density at radius 3 is 2.44 bits per heavy atom. The molecule has 0 bridgehead atoms. The highest BCUT2D eigenvalue weighted by molar-refractivity contribution is 5.87. The normalized spacial score (nSPS) is 12.3. The summed E-state index contributed by atoms with van der Waals surface area (Å²) in [6.07, 6.45) is -1.51. The SMILES string of the molecule is CC(C)(C(=O)NCC(O)c1c(F)cccc1F)c1cccc(C#N)c1. The van der Waals surface area contributed by atoms with Crippen molar-refractivity contribution in [1.82, 2.24) is 5.32 Å². The number of aliphatic hydroxyl groups is 1. The average molecular weight is 344 g/mol. The molecule has 1 amide bonds. The van der Waals surface area contributed by atoms with Crippen LogP contribution in [0.2, 0.25) is 0 Å². The minimum absolute atomic E-state index is 0.335. The standard InChI is InChI=1S/C19H18F2N2O2/c1-19(2,13-6-3-5-12(9-13)10-22)18(25)23-11-16(24)17-14(20)7-4-8-15(17)21/h3-9,16,24H,11H2,1-2H3,(H,23,25). The van der Waals surface area contributed by atoms with Gasteiger partial charge in [0, 0.05) is 6.54 Å². The Hall–Kier alpha value is -2.78. The van der Waals surface area contributed by atoms with Gasteiger partial charge < -0.3 is 10.4 Å². The monoisotopic (exact) mass is 344 g/mol. The minimum Gasteiger partial charge on any atom is -0.386 e. The Morgan fingerprint density at radius 1 is 1.24 bits per heavy atom. The zero-order valence-electron chi connectivity index (χ0n) is 13.9. The first kappa shape index (κ1) is 18.6. The molecule has 0 saturated carbocycles. The number of hydrogen-bond acceptors (Lipinski definition) is 3. The molecule has 0 fully saturated rings. The highest BCUT2D eigenvalue weighted by Gasteiger charge is 2.30. The molecule has 0 aliphatic carbocycles. The van der Waals surface area contributed by atoms with E-state index in [1.807, 2.05) is 6.07 Å². The summed E-state index contributed by atoms with van der Waals surface area (Å²) < 4.78 is 27.3. The van der Waals surface area contributed by atoms with Crippen LogP contribution in [0.25, 0.3) is 0 Å². The summed E-state index contributed by atoms with van der Waals surface area (Å²) in [5, 5.41) is 21.5. The molecule has 1 atom stereocenters. The van der Waals surface area contributed by atoms with Crippen molar-refractivity contribution in [3.8, 4) is 6.07 Å². The van der Waals surface area contributed by atoms with Gasteiger partial charge in [0.05, 0.1) is 22.6 Å². The van der Waals surface area contributed by atoms with Gasteiger partial charge in [-0.1, -0.05) is 18.2 Å². The van der Waals surface area contributed by atoms with E-state index in [2.05, 4.69) is 5.32 Å². The Balaban J connectivity index is 2.12. The van der Waals surface area contributed by atoms with E-state index >= 15 is 0 Å². The molecule has 2 aromatic carbocycles. The number of halogens is 2. The highest BCUT2D eigenvalue weighted by Crippen LogP contribution is 2.25. The number of carbonyl (C=O) groups excluding carboxylic acids is 1. The molecule has 0 aliphatic heterocycles. The van der Waals surface area contributed by atoms with Crippen molar-refractivity contribution in [3.63, 3.8) is 0 Å². The molecule has 1 unspecified atom stereocenters. The number of rotatable bonds is 5. The number of nitrogens with zero attached hydrogens (tertiary/aromatic N) is 1. The maximum atomic E-state index is 13.7. The Morgan fingerprint density at radius 2 is 1.84 bits per heavy atom. The lowest BCUT2D eigenvalue weighted by atomic mass is 9.83. The van der Waals surface area contributed by atoms with Crippen molar-refractivity contribution in [1.29, 1.82) is 5.26 Å². The Bertz CT molecular complexity index is 808. The molecule has 0 radical (unpaired) electrons. The molecule has 2 N–H and O–H groups in total. The number of carbonyl (C=O) groups is 1. The van der Waals surface area contributed by atoms with E-state index in [0.29, 0.717) is 11.1 Å². The van der Waals surface area contributed by atoms with Crippen LogP contribution in [0, 0.1) is 23.0 Å². The van der Waals surface area contributed by atoms with Gasteiger partial charge in [-0.25, -0.2) is 8.78 Å². The highest BCUT2D eigenvalue weighted by atomic mass is 19.1. The molecule has 0 aliphatic rings. The summed E-state index contributed by atoms with van der Waals surface area (Å²) >= 11 is 0. The fraction of sp³-hybridized carbons (Fsp3) is 0.263. The van der Waals surface area contributed by atoms with Crippen molar-refractivity contribution in [2.75, 3.05) is 6.54 Å². The number of benzene rings is 2. The molecule has 4 nitrogen and oxygen atoms in total. The van der Waals surface area contributed by atoms with Gasteiger partial charge in [0.15, 0.2) is 0 Å². The van der Waals surface area contributed by atoms with Gasteiger partial charge >= 0.3 is 0 Å². The van der Waals surface area contributed by atoms with E-state index in [9.17, 15) is 18.7 Å². The fourth-order valence-corrected chi connectivity index (χ4v) is 2.45. The van der Waals surface area contributed by atoms with E-state index in [1.54, 1.807) is 38.1 Å². The molecule has 0 heterocycles. The van der Waals surface area contributed by atoms with Crippen LogP contribution in [0.4, 0.5) is 8.78 Å². The molecule has 6 heteroatoms. The van der Waals surface area contributed by atoms with Crippen LogP contribution < -0.4 is 5.32 Å². The smallest absolute Gasteiger partial charge is 0.230 e. The molecule has 0 aromatic heterocycles. The first-order valence-electron chi connectivity index (χ1n) is 7.68. The van der Waals surface area contributed by atoms with Gasteiger partial charge in [-0.3, -0.25) is 4.79 Å². The van der Waals surface area contributed by atoms with Crippen LogP contribution in [0.5, 0.6) is 0 Å². The summed E-state index contributed by atoms with van der Waals surface area (Å²) in [7, 11) is 0. The first-order chi connectivity index (χ1) is 11.8. The van der Waals surface area contributed by atoms with Crippen LogP contribution in [-0.2, 0) is 10.2 Å². The lowest BCUT2D eigenvalue weighted by molar-refractivity contribution is -0.126. The van der Waals surface area contributed by atoms with Gasteiger partial charge in [0.1, 0.15) is 17.7 Å². The number of nitriles is 1. The third-order valence-corrected chi connectivity index (χ3v) is 4.07. The quantitative estimate of drug-likeness (QED) is 0.876. The maximum Gasteiger partial charge on any atom is 0.230 e. The summed E-state index contributed by atoms with van der Waals surface area (Å²) in [5.41, 5.74) is -0.421. The number of amides is 1. The maximum absolute atomic E-state index is 13.7. The number of nitrogens with one attached hydrogen (secondary N) is 1. The first-order valence-corrected chi connectivity index (χ1v) is 7.68. The Labute approximate surface area is 144 Å². The van der Waals surface area contributed by atoms with Gasteiger partial charge in [0.2, 0.25) is 5.91 Å². The number of hydrogen-bond donors (Lipinski definition) is 2. The summed E-state index contributed by atoms with van der Waals surface area (Å²) in [6.45, 7) is 2.99. The van der Waals surface area contributed by atoms with E-state index in [0.717, 1.165) is 12.1 Å². The zero-order chi connectivity index (χ0) is 18.6.